The van der Waals surface area contributed by atoms with Crippen molar-refractivity contribution in [2.45, 2.75) is 76.2 Å². The van der Waals surface area contributed by atoms with Crippen LogP contribution in [0.5, 0.6) is 5.75 Å². The van der Waals surface area contributed by atoms with Crippen LogP contribution >= 0.6 is 0 Å². The number of anilines is 2. The molecule has 8 nitrogen and oxygen atoms in total. The van der Waals surface area contributed by atoms with Gasteiger partial charge in [-0.3, -0.25) is 4.79 Å². The van der Waals surface area contributed by atoms with Crippen LogP contribution in [0.4, 0.5) is 24.5 Å². The summed E-state index contributed by atoms with van der Waals surface area (Å²) in [6.07, 6.45) is 4.86. The summed E-state index contributed by atoms with van der Waals surface area (Å²) in [7, 11) is 3.06. The fourth-order valence-corrected chi connectivity index (χ4v) is 7.73. The molecular weight excluding hydrogens is 619 g/mol. The van der Waals surface area contributed by atoms with Crippen molar-refractivity contribution >= 4 is 28.2 Å². The lowest BCUT2D eigenvalue weighted by Crippen LogP contribution is -2.48. The van der Waals surface area contributed by atoms with E-state index in [4.69, 9.17) is 9.47 Å². The molecule has 258 valence electrons. The second-order valence-electron chi connectivity index (χ2n) is 13.4. The van der Waals surface area contributed by atoms with Crippen molar-refractivity contribution in [1.82, 2.24) is 14.8 Å². The highest BCUT2D eigenvalue weighted by Crippen LogP contribution is 2.42. The minimum Gasteiger partial charge on any atom is -0.495 e. The summed E-state index contributed by atoms with van der Waals surface area (Å²) in [5.74, 6) is 6.18. The molecule has 3 heterocycles. The Kier molecular flexibility index (Phi) is 10.4. The summed E-state index contributed by atoms with van der Waals surface area (Å²) in [6.45, 7) is 3.20. The summed E-state index contributed by atoms with van der Waals surface area (Å²) in [6, 6.07) is 13.1. The highest BCUT2D eigenvalue weighted by Gasteiger charge is 2.38. The molecule has 48 heavy (non-hydrogen) atoms. The van der Waals surface area contributed by atoms with Gasteiger partial charge in [0.15, 0.2) is 0 Å². The molecule has 3 N–H and O–H groups in total. The number of aromatic nitrogens is 1. The number of rotatable bonds is 8. The van der Waals surface area contributed by atoms with E-state index in [1.807, 2.05) is 12.1 Å². The first-order valence-electron chi connectivity index (χ1n) is 17.1. The van der Waals surface area contributed by atoms with E-state index in [1.54, 1.807) is 37.4 Å². The zero-order valence-corrected chi connectivity index (χ0v) is 27.8. The number of ether oxygens (including phenoxy) is 2. The molecule has 6 rings (SSSR count). The van der Waals surface area contributed by atoms with Crippen molar-refractivity contribution in [2.75, 3.05) is 57.6 Å². The van der Waals surface area contributed by atoms with Crippen LogP contribution in [0.2, 0.25) is 0 Å². The lowest BCUT2D eigenvalue weighted by atomic mass is 9.72. The van der Waals surface area contributed by atoms with Crippen molar-refractivity contribution in [3.8, 4) is 17.6 Å². The summed E-state index contributed by atoms with van der Waals surface area (Å²) in [5, 5.41) is 10.1. The largest absolute Gasteiger partial charge is 0.495 e. The molecule has 3 aliphatic rings. The van der Waals surface area contributed by atoms with Gasteiger partial charge in [0.05, 0.1) is 30.6 Å². The van der Waals surface area contributed by atoms with E-state index in [9.17, 15) is 18.0 Å². The number of halogens is 3. The molecule has 0 atom stereocenters. The number of hydrogen-bond donors (Lipinski definition) is 3. The van der Waals surface area contributed by atoms with Crippen molar-refractivity contribution < 1.29 is 27.4 Å². The maximum absolute atomic E-state index is 13.8. The summed E-state index contributed by atoms with van der Waals surface area (Å²) in [5.41, 5.74) is 3.22. The minimum atomic E-state index is -4.40. The monoisotopic (exact) mass is 665 g/mol. The molecular formula is C37H46F3N5O3. The van der Waals surface area contributed by atoms with Crippen molar-refractivity contribution in [3.05, 3.63) is 53.7 Å². The number of carbonyl (C=O) groups excluding carboxylic acids is 1. The van der Waals surface area contributed by atoms with Crippen LogP contribution in [0, 0.1) is 17.3 Å². The minimum absolute atomic E-state index is 0.171. The number of alkyl halides is 3. The molecule has 3 aromatic rings. The highest BCUT2D eigenvalue weighted by molar-refractivity contribution is 5.95. The van der Waals surface area contributed by atoms with Crippen LogP contribution < -0.4 is 20.7 Å². The van der Waals surface area contributed by atoms with Crippen LogP contribution in [0.3, 0.4) is 0 Å². The van der Waals surface area contributed by atoms with Gasteiger partial charge in [-0.1, -0.05) is 12.0 Å². The third-order valence-electron chi connectivity index (χ3n) is 10.5. The maximum atomic E-state index is 13.8. The van der Waals surface area contributed by atoms with Crippen LogP contribution in [0.25, 0.3) is 10.9 Å². The standard InChI is InChI=1S/C37H46F3N5O3/c1-41-35(46)26-8-13-32(34(23-26)47-2)42-18-4-5-29-24-30-31(6-3-7-33(30)45(29)25-37(38,39)40)43-27-9-11-28(12-10-27)44-19-14-36(15-20-44)16-21-48-22-17-36/h3,6-8,13,23-24,27-28,42-43H,9-12,14-22,25H2,1-2H3,(H,41,46)/t27-,28+. The number of carbonyl (C=O) groups is 1. The van der Waals surface area contributed by atoms with Crippen LogP contribution in [0.1, 0.15) is 67.4 Å². The van der Waals surface area contributed by atoms with Crippen LogP contribution in [0.15, 0.2) is 42.5 Å². The van der Waals surface area contributed by atoms with Gasteiger partial charge < -0.3 is 34.9 Å². The lowest BCUT2D eigenvalue weighted by molar-refractivity contribution is -0.140. The van der Waals surface area contributed by atoms with E-state index in [0.29, 0.717) is 39.7 Å². The van der Waals surface area contributed by atoms with Gasteiger partial charge >= 0.3 is 6.18 Å². The van der Waals surface area contributed by atoms with Crippen molar-refractivity contribution in [3.63, 3.8) is 0 Å². The first kappa shape index (κ1) is 34.0. The van der Waals surface area contributed by atoms with E-state index in [0.717, 1.165) is 50.0 Å². The molecule has 1 amide bonds. The SMILES string of the molecule is CNC(=O)c1ccc(NCC#Cc2cc3c(N[C@H]4CC[C@@H](N5CCC6(CCOCC6)CC5)CC4)cccc3n2CC(F)(F)F)c(OC)c1. The average Bonchev–Trinajstić information content (AvgIpc) is 3.43. The third kappa shape index (κ3) is 7.87. The van der Waals surface area contributed by atoms with Gasteiger partial charge in [-0.15, -0.1) is 0 Å². The number of nitrogens with one attached hydrogen (secondary N) is 3. The van der Waals surface area contributed by atoms with E-state index in [1.165, 1.54) is 50.4 Å². The predicted molar refractivity (Wildman–Crippen MR) is 183 cm³/mol. The third-order valence-corrected chi connectivity index (χ3v) is 10.5. The molecule has 1 aromatic heterocycles. The fraction of sp³-hybridized carbons (Fsp3) is 0.541. The number of hydrogen-bond acceptors (Lipinski definition) is 6. The van der Waals surface area contributed by atoms with Crippen LogP contribution in [-0.4, -0.2) is 80.6 Å². The molecule has 0 radical (unpaired) electrons. The predicted octanol–water partition coefficient (Wildman–Crippen LogP) is 6.65. The second kappa shape index (κ2) is 14.7. The summed E-state index contributed by atoms with van der Waals surface area (Å²) >= 11 is 0. The lowest BCUT2D eigenvalue weighted by Gasteiger charge is -2.47. The quantitative estimate of drug-likeness (QED) is 0.234. The molecule has 11 heteroatoms. The van der Waals surface area contributed by atoms with Gasteiger partial charge in [-0.05, 0) is 112 Å². The van der Waals surface area contributed by atoms with Crippen LogP contribution in [-0.2, 0) is 11.3 Å². The molecule has 1 spiro atoms. The molecule has 1 saturated carbocycles. The van der Waals surface area contributed by atoms with Crippen molar-refractivity contribution in [1.29, 1.82) is 0 Å². The van der Waals surface area contributed by atoms with E-state index in [-0.39, 0.29) is 18.5 Å². The van der Waals surface area contributed by atoms with Gasteiger partial charge in [0.25, 0.3) is 5.91 Å². The van der Waals surface area contributed by atoms with Gasteiger partial charge in [0.1, 0.15) is 12.3 Å². The summed E-state index contributed by atoms with van der Waals surface area (Å²) < 4.78 is 53.5. The fourth-order valence-electron chi connectivity index (χ4n) is 7.73. The number of fused-ring (bicyclic) bond motifs is 1. The number of methoxy groups -OCH3 is 1. The zero-order chi connectivity index (χ0) is 33.7. The normalized spacial score (nSPS) is 21.4. The topological polar surface area (TPSA) is 79.8 Å². The highest BCUT2D eigenvalue weighted by atomic mass is 19.4. The number of benzene rings is 2. The Balaban J connectivity index is 1.12. The first-order chi connectivity index (χ1) is 23.2. The average molecular weight is 666 g/mol. The Hall–Kier alpha value is -3.88. The Bertz CT molecular complexity index is 1640. The Morgan fingerprint density at radius 1 is 1.02 bits per heavy atom. The van der Waals surface area contributed by atoms with Gasteiger partial charge in [-0.2, -0.15) is 13.2 Å². The first-order valence-corrected chi connectivity index (χ1v) is 17.1. The number of piperidine rings is 1. The molecule has 0 bridgehead atoms. The smallest absolute Gasteiger partial charge is 0.406 e. The molecule has 3 fully saturated rings. The molecule has 0 unspecified atom stereocenters. The number of likely N-dealkylation sites (tertiary alicyclic amines) is 1. The van der Waals surface area contributed by atoms with E-state index in [2.05, 4.69) is 32.7 Å². The Labute approximate surface area is 280 Å². The zero-order valence-electron chi connectivity index (χ0n) is 27.8. The molecule has 2 aromatic carbocycles. The number of nitrogens with zero attached hydrogens (tertiary/aromatic N) is 2. The summed E-state index contributed by atoms with van der Waals surface area (Å²) in [4.78, 5) is 14.7. The van der Waals surface area contributed by atoms with Gasteiger partial charge in [-0.25, -0.2) is 0 Å². The number of amides is 1. The molecule has 1 aliphatic carbocycles. The van der Waals surface area contributed by atoms with E-state index >= 15 is 0 Å². The van der Waals surface area contributed by atoms with Gasteiger partial charge in [0.2, 0.25) is 0 Å². The molecule has 2 aliphatic heterocycles. The van der Waals surface area contributed by atoms with E-state index < -0.39 is 12.7 Å². The maximum Gasteiger partial charge on any atom is 0.406 e. The molecule has 2 saturated heterocycles. The Morgan fingerprint density at radius 2 is 1.77 bits per heavy atom. The Morgan fingerprint density at radius 3 is 2.46 bits per heavy atom. The van der Waals surface area contributed by atoms with Gasteiger partial charge in [0, 0.05) is 49.0 Å². The van der Waals surface area contributed by atoms with Crippen molar-refractivity contribution in [2.24, 2.45) is 5.41 Å². The second-order valence-corrected chi connectivity index (χ2v) is 13.4.